The first-order valence-electron chi connectivity index (χ1n) is 5.26. The first-order valence-corrected chi connectivity index (χ1v) is 6.05. The molecule has 3 rings (SSSR count). The van der Waals surface area contributed by atoms with Crippen LogP contribution in [-0.4, -0.2) is 4.98 Å². The van der Waals surface area contributed by atoms with Crippen LogP contribution in [0.3, 0.4) is 0 Å². The Hall–Kier alpha value is -1.88. The molecule has 3 aromatic rings. The first-order chi connectivity index (χ1) is 8.66. The number of fused-ring (bicyclic) bond motifs is 1. The van der Waals surface area contributed by atoms with Crippen LogP contribution in [0.25, 0.3) is 22.6 Å². The highest BCUT2D eigenvalue weighted by Gasteiger charge is 2.14. The van der Waals surface area contributed by atoms with Crippen LogP contribution in [0.4, 0.5) is 10.1 Å². The Morgan fingerprint density at radius 2 is 1.94 bits per heavy atom. The van der Waals surface area contributed by atoms with E-state index >= 15 is 0 Å². The van der Waals surface area contributed by atoms with E-state index in [1.165, 1.54) is 6.07 Å². The van der Waals surface area contributed by atoms with Crippen LogP contribution in [-0.2, 0) is 0 Å². The second-order valence-electron chi connectivity index (χ2n) is 3.81. The maximum atomic E-state index is 13.4. The van der Waals surface area contributed by atoms with Crippen LogP contribution in [0, 0.1) is 5.82 Å². The van der Waals surface area contributed by atoms with Gasteiger partial charge < -0.3 is 10.2 Å². The minimum absolute atomic E-state index is 0.0418. The fraction of sp³-hybridized carbons (Fsp3) is 0. The minimum Gasteiger partial charge on any atom is -0.435 e. The number of anilines is 1. The van der Waals surface area contributed by atoms with E-state index in [0.717, 1.165) is 4.47 Å². The Balaban J connectivity index is 2.26. The van der Waals surface area contributed by atoms with Gasteiger partial charge in [0.2, 0.25) is 5.89 Å². The average molecular weight is 307 g/mol. The summed E-state index contributed by atoms with van der Waals surface area (Å²) in [5.41, 5.74) is 7.50. The van der Waals surface area contributed by atoms with E-state index in [4.69, 9.17) is 10.2 Å². The molecule has 5 heteroatoms. The SMILES string of the molecule is Nc1c(F)cccc1-c1nc2cccc(Br)c2o1. The molecular formula is C13H8BrFN2O. The number of nitrogens with two attached hydrogens (primary N) is 1. The Bertz CT molecular complexity index is 739. The van der Waals surface area contributed by atoms with Gasteiger partial charge >= 0.3 is 0 Å². The van der Waals surface area contributed by atoms with Gasteiger partial charge in [0.15, 0.2) is 5.58 Å². The molecule has 0 amide bonds. The third-order valence-electron chi connectivity index (χ3n) is 2.65. The van der Waals surface area contributed by atoms with Gasteiger partial charge in [0.05, 0.1) is 15.7 Å². The van der Waals surface area contributed by atoms with Crippen molar-refractivity contribution in [3.63, 3.8) is 0 Å². The number of para-hydroxylation sites is 2. The lowest BCUT2D eigenvalue weighted by atomic mass is 10.2. The van der Waals surface area contributed by atoms with Crippen molar-refractivity contribution in [1.82, 2.24) is 4.98 Å². The molecule has 0 aliphatic rings. The van der Waals surface area contributed by atoms with Crippen LogP contribution in [0.1, 0.15) is 0 Å². The van der Waals surface area contributed by atoms with E-state index in [9.17, 15) is 4.39 Å². The minimum atomic E-state index is -0.478. The summed E-state index contributed by atoms with van der Waals surface area (Å²) in [6.07, 6.45) is 0. The third kappa shape index (κ3) is 1.67. The van der Waals surface area contributed by atoms with Crippen LogP contribution in [0.5, 0.6) is 0 Å². The Morgan fingerprint density at radius 1 is 1.17 bits per heavy atom. The van der Waals surface area contributed by atoms with Crippen molar-refractivity contribution < 1.29 is 8.81 Å². The topological polar surface area (TPSA) is 52.0 Å². The fourth-order valence-corrected chi connectivity index (χ4v) is 2.19. The molecule has 0 saturated carbocycles. The van der Waals surface area contributed by atoms with Crippen molar-refractivity contribution in [2.45, 2.75) is 0 Å². The molecular weight excluding hydrogens is 299 g/mol. The van der Waals surface area contributed by atoms with Crippen molar-refractivity contribution in [2.24, 2.45) is 0 Å². The molecule has 1 heterocycles. The Morgan fingerprint density at radius 3 is 2.72 bits per heavy atom. The van der Waals surface area contributed by atoms with Crippen molar-refractivity contribution in [1.29, 1.82) is 0 Å². The quantitative estimate of drug-likeness (QED) is 0.692. The van der Waals surface area contributed by atoms with E-state index in [2.05, 4.69) is 20.9 Å². The molecule has 3 nitrogen and oxygen atoms in total. The number of benzene rings is 2. The number of rotatable bonds is 1. The van der Waals surface area contributed by atoms with Crippen LogP contribution in [0.2, 0.25) is 0 Å². The van der Waals surface area contributed by atoms with Gasteiger partial charge in [0, 0.05) is 0 Å². The summed E-state index contributed by atoms with van der Waals surface area (Å²) in [7, 11) is 0. The van der Waals surface area contributed by atoms with Gasteiger partial charge in [-0.3, -0.25) is 0 Å². The van der Waals surface area contributed by atoms with E-state index in [1.807, 2.05) is 18.2 Å². The summed E-state index contributed by atoms with van der Waals surface area (Å²) in [6.45, 7) is 0. The number of nitrogens with zero attached hydrogens (tertiary/aromatic N) is 1. The van der Waals surface area contributed by atoms with Crippen LogP contribution >= 0.6 is 15.9 Å². The van der Waals surface area contributed by atoms with E-state index < -0.39 is 5.82 Å². The van der Waals surface area contributed by atoms with E-state index in [1.54, 1.807) is 12.1 Å². The van der Waals surface area contributed by atoms with Gasteiger partial charge in [0.1, 0.15) is 11.3 Å². The van der Waals surface area contributed by atoms with Gasteiger partial charge in [-0.25, -0.2) is 9.37 Å². The highest BCUT2D eigenvalue weighted by Crippen LogP contribution is 2.32. The van der Waals surface area contributed by atoms with Crippen molar-refractivity contribution in [2.75, 3.05) is 5.73 Å². The number of nitrogen functional groups attached to an aromatic ring is 1. The van der Waals surface area contributed by atoms with Crippen LogP contribution in [0.15, 0.2) is 45.3 Å². The second-order valence-corrected chi connectivity index (χ2v) is 4.66. The number of hydrogen-bond donors (Lipinski definition) is 1. The van der Waals surface area contributed by atoms with E-state index in [-0.39, 0.29) is 5.69 Å². The molecule has 0 radical (unpaired) electrons. The standard InChI is InChI=1S/C13H8BrFN2O/c14-8-4-2-6-10-12(8)18-13(17-10)7-3-1-5-9(15)11(7)16/h1-6H,16H2. The lowest BCUT2D eigenvalue weighted by molar-refractivity contribution is 0.612. The molecule has 0 aliphatic heterocycles. The monoisotopic (exact) mass is 306 g/mol. The molecule has 0 aliphatic carbocycles. The van der Waals surface area contributed by atoms with E-state index in [0.29, 0.717) is 22.6 Å². The smallest absolute Gasteiger partial charge is 0.229 e. The molecule has 0 bridgehead atoms. The predicted octanol–water partition coefficient (Wildman–Crippen LogP) is 3.98. The average Bonchev–Trinajstić information content (AvgIpc) is 2.78. The van der Waals surface area contributed by atoms with Gasteiger partial charge in [-0.05, 0) is 40.2 Å². The molecule has 0 atom stereocenters. The van der Waals surface area contributed by atoms with Gasteiger partial charge in [-0.15, -0.1) is 0 Å². The summed E-state index contributed by atoms with van der Waals surface area (Å²) >= 11 is 3.38. The zero-order valence-electron chi connectivity index (χ0n) is 9.15. The number of aromatic nitrogens is 1. The molecule has 1 aromatic heterocycles. The summed E-state index contributed by atoms with van der Waals surface area (Å²) in [4.78, 5) is 4.30. The van der Waals surface area contributed by atoms with Crippen molar-refractivity contribution in [3.05, 3.63) is 46.7 Å². The Labute approximate surface area is 111 Å². The van der Waals surface area contributed by atoms with Crippen LogP contribution < -0.4 is 5.73 Å². The number of hydrogen-bond acceptors (Lipinski definition) is 3. The first kappa shape index (κ1) is 11.2. The molecule has 2 N–H and O–H groups in total. The van der Waals surface area contributed by atoms with Gasteiger partial charge in [-0.1, -0.05) is 12.1 Å². The van der Waals surface area contributed by atoms with Gasteiger partial charge in [-0.2, -0.15) is 0 Å². The zero-order chi connectivity index (χ0) is 12.7. The van der Waals surface area contributed by atoms with Crippen molar-refractivity contribution in [3.8, 4) is 11.5 Å². The molecule has 0 saturated heterocycles. The largest absolute Gasteiger partial charge is 0.435 e. The fourth-order valence-electron chi connectivity index (χ4n) is 1.75. The normalized spacial score (nSPS) is 11.0. The highest BCUT2D eigenvalue weighted by molar-refractivity contribution is 9.10. The highest BCUT2D eigenvalue weighted by atomic mass is 79.9. The summed E-state index contributed by atoms with van der Waals surface area (Å²) in [6, 6.07) is 10.1. The van der Waals surface area contributed by atoms with Gasteiger partial charge in [0.25, 0.3) is 0 Å². The summed E-state index contributed by atoms with van der Waals surface area (Å²) in [5, 5.41) is 0. The zero-order valence-corrected chi connectivity index (χ0v) is 10.7. The maximum Gasteiger partial charge on any atom is 0.229 e. The molecule has 90 valence electrons. The molecule has 0 unspecified atom stereocenters. The third-order valence-corrected chi connectivity index (χ3v) is 3.27. The maximum absolute atomic E-state index is 13.4. The molecule has 2 aromatic carbocycles. The molecule has 0 fully saturated rings. The molecule has 18 heavy (non-hydrogen) atoms. The summed E-state index contributed by atoms with van der Waals surface area (Å²) < 4.78 is 19.8. The lowest BCUT2D eigenvalue weighted by Crippen LogP contribution is -1.93. The predicted molar refractivity (Wildman–Crippen MR) is 71.5 cm³/mol. The summed E-state index contributed by atoms with van der Waals surface area (Å²) in [5.74, 6) is -0.164. The molecule has 0 spiro atoms. The Kier molecular flexibility index (Phi) is 2.56. The lowest BCUT2D eigenvalue weighted by Gasteiger charge is -2.01. The second kappa shape index (κ2) is 4.10. The number of oxazole rings is 1. The number of halogens is 2. The van der Waals surface area contributed by atoms with Crippen molar-refractivity contribution >= 4 is 32.7 Å².